The number of piperazine rings is 1. The van der Waals surface area contributed by atoms with Crippen molar-refractivity contribution in [1.82, 2.24) is 9.88 Å². The summed E-state index contributed by atoms with van der Waals surface area (Å²) in [7, 11) is 0. The van der Waals surface area contributed by atoms with Crippen LogP contribution in [0.5, 0.6) is 0 Å². The number of rotatable bonds is 4. The molecule has 1 aromatic carbocycles. The lowest BCUT2D eigenvalue weighted by Gasteiger charge is -2.46. The number of carbonyl (C=O) groups is 2. The van der Waals surface area contributed by atoms with Gasteiger partial charge in [0.25, 0.3) is 5.91 Å². The van der Waals surface area contributed by atoms with Crippen LogP contribution in [-0.2, 0) is 10.2 Å². The summed E-state index contributed by atoms with van der Waals surface area (Å²) in [5.41, 5.74) is 6.68. The van der Waals surface area contributed by atoms with E-state index in [0.717, 1.165) is 24.8 Å². The Morgan fingerprint density at radius 2 is 1.67 bits per heavy atom. The van der Waals surface area contributed by atoms with Gasteiger partial charge < -0.3 is 15.5 Å². The molecular formula is C21H24N4O2. The quantitative estimate of drug-likeness (QED) is 0.899. The molecule has 1 saturated heterocycles. The van der Waals surface area contributed by atoms with E-state index in [1.807, 2.05) is 28.0 Å². The van der Waals surface area contributed by atoms with Gasteiger partial charge in [-0.3, -0.25) is 9.59 Å². The Kier molecular flexibility index (Phi) is 4.56. The van der Waals surface area contributed by atoms with Gasteiger partial charge in [-0.25, -0.2) is 4.98 Å². The van der Waals surface area contributed by atoms with Crippen LogP contribution in [0.15, 0.2) is 48.7 Å². The number of primary amides is 1. The van der Waals surface area contributed by atoms with Crippen LogP contribution in [0.1, 0.15) is 35.2 Å². The Labute approximate surface area is 159 Å². The third kappa shape index (κ3) is 3.05. The highest BCUT2D eigenvalue weighted by atomic mass is 16.2. The summed E-state index contributed by atoms with van der Waals surface area (Å²) in [6, 6.07) is 13.5. The zero-order valence-electron chi connectivity index (χ0n) is 15.3. The number of nitrogens with zero attached hydrogens (tertiary/aromatic N) is 3. The second-order valence-electron chi connectivity index (χ2n) is 7.32. The van der Waals surface area contributed by atoms with Gasteiger partial charge in [-0.15, -0.1) is 0 Å². The van der Waals surface area contributed by atoms with Crippen LogP contribution >= 0.6 is 0 Å². The van der Waals surface area contributed by atoms with Gasteiger partial charge in [0, 0.05) is 32.4 Å². The Morgan fingerprint density at radius 1 is 0.963 bits per heavy atom. The number of anilines is 1. The maximum absolute atomic E-state index is 13.3. The second-order valence-corrected chi connectivity index (χ2v) is 7.32. The van der Waals surface area contributed by atoms with Gasteiger partial charge >= 0.3 is 0 Å². The number of nitrogens with two attached hydrogens (primary N) is 1. The summed E-state index contributed by atoms with van der Waals surface area (Å²) < 4.78 is 0. The summed E-state index contributed by atoms with van der Waals surface area (Å²) in [5.74, 6) is 0.364. The Hall–Kier alpha value is -2.89. The summed E-state index contributed by atoms with van der Waals surface area (Å²) in [6.45, 7) is 2.55. The van der Waals surface area contributed by atoms with E-state index in [1.165, 1.54) is 0 Å². The van der Waals surface area contributed by atoms with Crippen molar-refractivity contribution in [3.63, 3.8) is 0 Å². The van der Waals surface area contributed by atoms with E-state index in [2.05, 4.69) is 17.1 Å². The van der Waals surface area contributed by atoms with Gasteiger partial charge in [0.2, 0.25) is 5.91 Å². The van der Waals surface area contributed by atoms with E-state index >= 15 is 0 Å². The maximum atomic E-state index is 13.3. The van der Waals surface area contributed by atoms with Gasteiger partial charge in [-0.05, 0) is 30.5 Å². The highest BCUT2D eigenvalue weighted by molar-refractivity contribution is 5.97. The van der Waals surface area contributed by atoms with Crippen LogP contribution in [0.4, 0.5) is 5.82 Å². The van der Waals surface area contributed by atoms with E-state index in [-0.39, 0.29) is 11.3 Å². The topological polar surface area (TPSA) is 79.5 Å². The fraction of sp³-hybridized carbons (Fsp3) is 0.381. The van der Waals surface area contributed by atoms with E-state index in [1.54, 1.807) is 18.3 Å². The first-order chi connectivity index (χ1) is 13.1. The molecule has 0 spiro atoms. The third-order valence-electron chi connectivity index (χ3n) is 5.86. The van der Waals surface area contributed by atoms with Crippen molar-refractivity contribution in [3.8, 4) is 0 Å². The average Bonchev–Trinajstić information content (AvgIpc) is 2.68. The molecule has 140 valence electrons. The van der Waals surface area contributed by atoms with Crippen molar-refractivity contribution in [2.45, 2.75) is 24.7 Å². The van der Waals surface area contributed by atoms with Crippen LogP contribution in [0.25, 0.3) is 0 Å². The highest BCUT2D eigenvalue weighted by Crippen LogP contribution is 2.45. The summed E-state index contributed by atoms with van der Waals surface area (Å²) in [4.78, 5) is 33.3. The molecule has 2 aliphatic rings. The molecule has 1 saturated carbocycles. The van der Waals surface area contributed by atoms with Gasteiger partial charge in [0.1, 0.15) is 5.82 Å². The SMILES string of the molecule is NC(=O)c1cccnc1N1CCN(C(=O)C2(c3ccccc3)CCC2)CC1. The third-order valence-corrected chi connectivity index (χ3v) is 5.86. The van der Waals surface area contributed by atoms with Gasteiger partial charge in [-0.1, -0.05) is 36.8 Å². The minimum Gasteiger partial charge on any atom is -0.365 e. The van der Waals surface area contributed by atoms with E-state index < -0.39 is 5.91 Å². The number of hydrogen-bond donors (Lipinski definition) is 1. The highest BCUT2D eigenvalue weighted by Gasteiger charge is 2.47. The molecule has 1 aliphatic heterocycles. The number of pyridine rings is 1. The van der Waals surface area contributed by atoms with Crippen molar-refractivity contribution >= 4 is 17.6 Å². The number of hydrogen-bond acceptors (Lipinski definition) is 4. The Bertz CT molecular complexity index is 840. The number of aromatic nitrogens is 1. The predicted molar refractivity (Wildman–Crippen MR) is 104 cm³/mol. The Morgan fingerprint density at radius 3 is 2.26 bits per heavy atom. The van der Waals surface area contributed by atoms with E-state index in [4.69, 9.17) is 5.73 Å². The number of carbonyl (C=O) groups excluding carboxylic acids is 2. The first-order valence-electron chi connectivity index (χ1n) is 9.46. The van der Waals surface area contributed by atoms with Crippen molar-refractivity contribution in [2.75, 3.05) is 31.1 Å². The van der Waals surface area contributed by atoms with Gasteiger partial charge in [-0.2, -0.15) is 0 Å². The van der Waals surface area contributed by atoms with Crippen LogP contribution in [0.2, 0.25) is 0 Å². The zero-order valence-corrected chi connectivity index (χ0v) is 15.3. The first kappa shape index (κ1) is 17.5. The molecule has 0 radical (unpaired) electrons. The molecule has 0 bridgehead atoms. The van der Waals surface area contributed by atoms with Crippen molar-refractivity contribution in [1.29, 1.82) is 0 Å². The molecule has 0 atom stereocenters. The lowest BCUT2D eigenvalue weighted by Crippen LogP contribution is -2.57. The molecule has 2 amide bonds. The van der Waals surface area contributed by atoms with E-state index in [9.17, 15) is 9.59 Å². The molecule has 4 rings (SSSR count). The molecule has 6 heteroatoms. The monoisotopic (exact) mass is 364 g/mol. The maximum Gasteiger partial charge on any atom is 0.252 e. The Balaban J connectivity index is 1.48. The lowest BCUT2D eigenvalue weighted by atomic mass is 9.63. The van der Waals surface area contributed by atoms with E-state index in [0.29, 0.717) is 37.6 Å². The minimum atomic E-state index is -0.478. The standard InChI is InChI=1S/C21H24N4O2/c22-18(26)17-8-4-11-23-19(17)24-12-14-25(15-13-24)20(27)21(9-5-10-21)16-6-2-1-3-7-16/h1-4,6-8,11H,5,9-10,12-15H2,(H2,22,26). The summed E-state index contributed by atoms with van der Waals surface area (Å²) in [5, 5.41) is 0. The van der Waals surface area contributed by atoms with Crippen molar-refractivity contribution in [3.05, 3.63) is 59.8 Å². The molecule has 2 N–H and O–H groups in total. The molecule has 2 fully saturated rings. The van der Waals surface area contributed by atoms with Crippen molar-refractivity contribution in [2.24, 2.45) is 5.73 Å². The number of benzene rings is 1. The molecule has 2 aromatic rings. The summed E-state index contributed by atoms with van der Waals surface area (Å²) >= 11 is 0. The van der Waals surface area contributed by atoms with Crippen LogP contribution in [-0.4, -0.2) is 47.9 Å². The van der Waals surface area contributed by atoms with Crippen molar-refractivity contribution < 1.29 is 9.59 Å². The molecule has 1 aromatic heterocycles. The smallest absolute Gasteiger partial charge is 0.252 e. The molecule has 2 heterocycles. The van der Waals surface area contributed by atoms with Crippen LogP contribution in [0.3, 0.4) is 0 Å². The molecular weight excluding hydrogens is 340 g/mol. The minimum absolute atomic E-state index is 0.232. The molecule has 6 nitrogen and oxygen atoms in total. The van der Waals surface area contributed by atoms with Crippen LogP contribution < -0.4 is 10.6 Å². The normalized spacial score (nSPS) is 18.7. The van der Waals surface area contributed by atoms with Gasteiger partial charge in [0.15, 0.2) is 0 Å². The zero-order chi connectivity index (χ0) is 18.9. The first-order valence-corrected chi connectivity index (χ1v) is 9.46. The van der Waals surface area contributed by atoms with Crippen LogP contribution in [0, 0.1) is 0 Å². The molecule has 1 aliphatic carbocycles. The average molecular weight is 364 g/mol. The molecule has 27 heavy (non-hydrogen) atoms. The second kappa shape index (κ2) is 7.02. The number of amides is 2. The predicted octanol–water partition coefficient (Wildman–Crippen LogP) is 1.95. The fourth-order valence-corrected chi connectivity index (χ4v) is 4.18. The van der Waals surface area contributed by atoms with Gasteiger partial charge in [0.05, 0.1) is 11.0 Å². The lowest BCUT2D eigenvalue weighted by molar-refractivity contribution is -0.141. The largest absolute Gasteiger partial charge is 0.365 e. The summed E-state index contributed by atoms with van der Waals surface area (Å²) in [6.07, 6.45) is 4.60. The molecule has 0 unspecified atom stereocenters. The fourth-order valence-electron chi connectivity index (χ4n) is 4.18.